The van der Waals surface area contributed by atoms with Gasteiger partial charge < -0.3 is 39.2 Å². The number of nitrogens with one attached hydrogen (secondary N) is 3. The fourth-order valence-electron chi connectivity index (χ4n) is 5.46. The number of sulfonamides is 2. The van der Waals surface area contributed by atoms with Crippen molar-refractivity contribution in [3.8, 4) is 5.88 Å². The smallest absolute Gasteiger partial charge is 0.307 e. The number of fused-ring (bicyclic) bond motifs is 1. The minimum absolute atomic E-state index is 0.0464. The third-order valence-electron chi connectivity index (χ3n) is 8.27. The predicted octanol–water partition coefficient (Wildman–Crippen LogP) is 1.02. The van der Waals surface area contributed by atoms with Gasteiger partial charge in [0.25, 0.3) is 31.8 Å². The first-order valence-electron chi connectivity index (χ1n) is 17.8. The highest BCUT2D eigenvalue weighted by Gasteiger charge is 2.40. The molecule has 0 radical (unpaired) electrons. The summed E-state index contributed by atoms with van der Waals surface area (Å²) in [5.41, 5.74) is -0.0183. The van der Waals surface area contributed by atoms with E-state index in [2.05, 4.69) is 19.4 Å². The van der Waals surface area contributed by atoms with Gasteiger partial charge >= 0.3 is 11.9 Å². The second-order valence-electron chi connectivity index (χ2n) is 13.8. The zero-order valence-corrected chi connectivity index (χ0v) is 35.1. The predicted molar refractivity (Wildman–Crippen MR) is 202 cm³/mol. The normalized spacial score (nSPS) is 18.6. The van der Waals surface area contributed by atoms with Crippen molar-refractivity contribution in [1.29, 1.82) is 0 Å². The summed E-state index contributed by atoms with van der Waals surface area (Å²) >= 11 is 1.53. The Morgan fingerprint density at radius 2 is 1.80 bits per heavy atom. The minimum atomic E-state index is -4.56. The van der Waals surface area contributed by atoms with Crippen LogP contribution in [0, 0.1) is 0 Å². The maximum Gasteiger partial charge on any atom is 0.307 e. The highest BCUT2D eigenvalue weighted by atomic mass is 32.3. The van der Waals surface area contributed by atoms with Crippen LogP contribution in [0.2, 0.25) is 0 Å². The van der Waals surface area contributed by atoms with E-state index in [1.165, 1.54) is 24.4 Å². The summed E-state index contributed by atoms with van der Waals surface area (Å²) in [4.78, 5) is 40.3. The second kappa shape index (κ2) is 19.9. The van der Waals surface area contributed by atoms with Crippen LogP contribution >= 0.6 is 23.1 Å². The van der Waals surface area contributed by atoms with Gasteiger partial charge in [0, 0.05) is 63.6 Å². The summed E-state index contributed by atoms with van der Waals surface area (Å²) < 4.78 is 91.7. The molecule has 3 N–H and O–H groups in total. The number of amides is 1. The zero-order chi connectivity index (χ0) is 40.4. The van der Waals surface area contributed by atoms with E-state index in [1.54, 1.807) is 0 Å². The Labute approximate surface area is 330 Å². The Bertz CT molecular complexity index is 1820. The summed E-state index contributed by atoms with van der Waals surface area (Å²) in [5.74, 6) is -1.94. The number of likely N-dealkylation sites (N-methyl/N-ethyl adjacent to an activating group) is 1. The molecule has 0 saturated carbocycles. The van der Waals surface area contributed by atoms with Gasteiger partial charge in [0.2, 0.25) is 5.82 Å². The number of esters is 2. The first-order chi connectivity index (χ1) is 25.9. The molecular formula is C32H51N7O12S4. The molecule has 19 nitrogen and oxygen atoms in total. The molecule has 2 unspecified atom stereocenters. The lowest BCUT2D eigenvalue weighted by Gasteiger charge is -2.32. The number of hydrogen-bond donors (Lipinski definition) is 3. The van der Waals surface area contributed by atoms with Crippen molar-refractivity contribution in [3.05, 3.63) is 11.6 Å². The highest BCUT2D eigenvalue weighted by molar-refractivity contribution is 7.94. The van der Waals surface area contributed by atoms with Crippen molar-refractivity contribution in [3.63, 3.8) is 0 Å². The van der Waals surface area contributed by atoms with Crippen molar-refractivity contribution in [2.75, 3.05) is 77.7 Å². The number of nitrogens with zero attached hydrogens (tertiary/aromatic N) is 4. The van der Waals surface area contributed by atoms with Crippen LogP contribution in [0.5, 0.6) is 5.88 Å². The number of morpholine rings is 1. The van der Waals surface area contributed by atoms with E-state index >= 15 is 0 Å². The van der Waals surface area contributed by atoms with Gasteiger partial charge in [-0.2, -0.15) is 8.68 Å². The first-order valence-corrected chi connectivity index (χ1v) is 22.3. The Morgan fingerprint density at radius 3 is 2.45 bits per heavy atom. The van der Waals surface area contributed by atoms with Gasteiger partial charge in [-0.1, -0.05) is 6.92 Å². The number of thiophene rings is 1. The van der Waals surface area contributed by atoms with Gasteiger partial charge in [-0.25, -0.2) is 21.6 Å². The van der Waals surface area contributed by atoms with Crippen LogP contribution in [0.1, 0.15) is 65.5 Å². The van der Waals surface area contributed by atoms with E-state index in [9.17, 15) is 31.2 Å². The number of carbonyl (C=O) groups excluding carboxylic acids is 3. The largest absolute Gasteiger partial charge is 0.470 e. The Kier molecular flexibility index (Phi) is 16.2. The summed E-state index contributed by atoms with van der Waals surface area (Å²) in [7, 11) is -7.06. The first kappa shape index (κ1) is 44.7. The fraction of sp³-hybridized carbons (Fsp3) is 0.719. The second-order valence-corrected chi connectivity index (χ2v) is 19.4. The van der Waals surface area contributed by atoms with Crippen LogP contribution in [0.15, 0.2) is 14.5 Å². The molecule has 0 spiro atoms. The van der Waals surface area contributed by atoms with Crippen molar-refractivity contribution < 1.29 is 54.9 Å². The number of hydrogen-bond acceptors (Lipinski definition) is 19. The van der Waals surface area contributed by atoms with Crippen molar-refractivity contribution >= 4 is 66.8 Å². The maximum absolute atomic E-state index is 13.4. The molecule has 2 aliphatic rings. The van der Waals surface area contributed by atoms with Gasteiger partial charge in [-0.3, -0.25) is 14.4 Å². The van der Waals surface area contributed by atoms with Gasteiger partial charge in [-0.15, -0.1) is 15.7 Å². The molecule has 0 aromatic carbocycles. The lowest BCUT2D eigenvalue weighted by molar-refractivity contribution is -0.158. The lowest BCUT2D eigenvalue weighted by Crippen LogP contribution is -2.44. The lowest BCUT2D eigenvalue weighted by atomic mass is 10.1. The van der Waals surface area contributed by atoms with E-state index in [0.29, 0.717) is 68.9 Å². The SMILES string of the molecule is CCN[C@@H]1CN(CCCOC)S(=O)(=O)c2sc(S(=O)(=O)NC(=O)C(C)OC(=O)CCC(=O)OC(CNC(C)(C)C)COc3nsnc3N3CCOCC3)cc21. The van der Waals surface area contributed by atoms with Crippen molar-refractivity contribution in [2.24, 2.45) is 0 Å². The maximum atomic E-state index is 13.4. The van der Waals surface area contributed by atoms with Crippen LogP contribution in [0.4, 0.5) is 5.82 Å². The number of methoxy groups -OCH3 is 1. The van der Waals surface area contributed by atoms with Crippen molar-refractivity contribution in [2.45, 2.75) is 86.1 Å². The molecule has 2 aromatic rings. The molecular weight excluding hydrogens is 803 g/mol. The number of rotatable bonds is 20. The Balaban J connectivity index is 1.31. The van der Waals surface area contributed by atoms with Crippen LogP contribution in [0.25, 0.3) is 0 Å². The Morgan fingerprint density at radius 1 is 1.11 bits per heavy atom. The molecule has 0 aliphatic carbocycles. The van der Waals surface area contributed by atoms with Crippen LogP contribution < -0.4 is 25.0 Å². The standard InChI is InChI=1S/C32H51N7O12S4/c1-7-33-24-19-39(11-8-14-47-6)55(45,46)31-23(24)17-27(52-31)54(43,44)37-29(42)21(2)50-25(40)9-10-26(41)51-22(18-34-32(3,4)5)20-49-30-28(35-53-36-30)38-12-15-48-16-13-38/h17,21-22,24,33-34H,7-16,18-20H2,1-6H3,(H,37,42)/t21?,22?,24-/m1/s1. The van der Waals surface area contributed by atoms with Gasteiger partial charge in [0.15, 0.2) is 6.10 Å². The van der Waals surface area contributed by atoms with Crippen LogP contribution in [-0.2, 0) is 53.4 Å². The number of carbonyl (C=O) groups is 3. The molecule has 4 rings (SSSR count). The average Bonchev–Trinajstić information content (AvgIpc) is 3.80. The molecule has 2 aromatic heterocycles. The molecule has 3 atom stereocenters. The summed E-state index contributed by atoms with van der Waals surface area (Å²) in [5, 5.41) is 6.45. The monoisotopic (exact) mass is 853 g/mol. The quantitative estimate of drug-likeness (QED) is 0.125. The van der Waals surface area contributed by atoms with E-state index in [1.807, 2.05) is 37.3 Å². The molecule has 4 heterocycles. The number of aromatic nitrogens is 2. The van der Waals surface area contributed by atoms with Crippen LogP contribution in [-0.4, -0.2) is 138 Å². The number of ether oxygens (including phenoxy) is 5. The molecule has 2 aliphatic heterocycles. The van der Waals surface area contributed by atoms with E-state index < -0.39 is 62.6 Å². The van der Waals surface area contributed by atoms with Gasteiger partial charge in [-0.05, 0) is 46.7 Å². The molecule has 23 heteroatoms. The van der Waals surface area contributed by atoms with Gasteiger partial charge in [0.05, 0.1) is 37.8 Å². The van der Waals surface area contributed by atoms with E-state index in [0.717, 1.165) is 11.7 Å². The average molecular weight is 854 g/mol. The van der Waals surface area contributed by atoms with E-state index in [-0.39, 0.29) is 52.2 Å². The number of anilines is 1. The molecule has 55 heavy (non-hydrogen) atoms. The molecule has 0 bridgehead atoms. The topological polar surface area (TPSA) is 234 Å². The summed E-state index contributed by atoms with van der Waals surface area (Å²) in [6, 6.07) is 0.760. The minimum Gasteiger partial charge on any atom is -0.470 e. The van der Waals surface area contributed by atoms with Crippen molar-refractivity contribution in [1.82, 2.24) is 28.4 Å². The summed E-state index contributed by atoms with van der Waals surface area (Å²) in [6.45, 7) is 12.5. The molecule has 1 amide bonds. The molecule has 1 saturated heterocycles. The Hall–Kier alpha value is -3.03. The molecule has 310 valence electrons. The van der Waals surface area contributed by atoms with Gasteiger partial charge in [0.1, 0.15) is 21.1 Å². The van der Waals surface area contributed by atoms with Crippen LogP contribution in [0.3, 0.4) is 0 Å². The zero-order valence-electron chi connectivity index (χ0n) is 31.8. The third kappa shape index (κ3) is 12.7. The third-order valence-corrected chi connectivity index (χ3v) is 14.1. The molecule has 1 fully saturated rings. The fourth-order valence-corrected chi connectivity index (χ4v) is 10.9. The highest BCUT2D eigenvalue weighted by Crippen LogP contribution is 2.40. The van der Waals surface area contributed by atoms with E-state index in [4.69, 9.17) is 23.7 Å². The summed E-state index contributed by atoms with van der Waals surface area (Å²) in [6.07, 6.45) is -2.72.